The number of carbonyl (C=O) groups is 3. The Balaban J connectivity index is 2.22. The summed E-state index contributed by atoms with van der Waals surface area (Å²) in [4.78, 5) is 39.9. The van der Waals surface area contributed by atoms with Crippen molar-refractivity contribution >= 4 is 30.0 Å². The van der Waals surface area contributed by atoms with Crippen LogP contribution in [0.1, 0.15) is 65.4 Å². The van der Waals surface area contributed by atoms with Gasteiger partial charge in [-0.3, -0.25) is 19.6 Å². The van der Waals surface area contributed by atoms with Crippen LogP contribution < -0.4 is 5.32 Å². The summed E-state index contributed by atoms with van der Waals surface area (Å²) in [6.07, 6.45) is 4.45. The lowest BCUT2D eigenvalue weighted by Crippen LogP contribution is -2.59. The Morgan fingerprint density at radius 3 is 2.50 bits per heavy atom. The van der Waals surface area contributed by atoms with Crippen molar-refractivity contribution in [3.05, 3.63) is 35.9 Å². The van der Waals surface area contributed by atoms with E-state index in [9.17, 15) is 19.6 Å². The van der Waals surface area contributed by atoms with Crippen molar-refractivity contribution in [2.45, 2.75) is 76.3 Å². The largest absolute Gasteiger partial charge is 0.343 e. The van der Waals surface area contributed by atoms with Gasteiger partial charge in [-0.25, -0.2) is 5.06 Å². The maximum Gasteiger partial charge on any atom is 0.246 e. The molecule has 0 saturated carbocycles. The quantitative estimate of drug-likeness (QED) is 0.246. The van der Waals surface area contributed by atoms with Gasteiger partial charge < -0.3 is 10.2 Å². The fourth-order valence-corrected chi connectivity index (χ4v) is 5.21. The van der Waals surface area contributed by atoms with Crippen molar-refractivity contribution in [1.82, 2.24) is 15.3 Å². The second-order valence-electron chi connectivity index (χ2n) is 9.89. The summed E-state index contributed by atoms with van der Waals surface area (Å²) in [7, 11) is 0. The first-order chi connectivity index (χ1) is 16.2. The van der Waals surface area contributed by atoms with E-state index in [4.69, 9.17) is 0 Å². The molecular weight excluding hydrogens is 450 g/mol. The third kappa shape index (κ3) is 8.62. The summed E-state index contributed by atoms with van der Waals surface area (Å²) in [6, 6.07) is 9.36. The fourth-order valence-electron chi connectivity index (χ4n) is 4.16. The van der Waals surface area contributed by atoms with Crippen molar-refractivity contribution in [2.75, 3.05) is 19.6 Å². The molecule has 1 aliphatic heterocycles. The van der Waals surface area contributed by atoms with Crippen LogP contribution in [-0.2, 0) is 20.1 Å². The number of hydroxylamine groups is 2. The normalized spacial score (nSPS) is 16.6. The Labute approximate surface area is 208 Å². The molecule has 2 unspecified atom stereocenters. The number of amides is 3. The molecule has 0 spiro atoms. The van der Waals surface area contributed by atoms with E-state index in [1.807, 2.05) is 43.9 Å². The molecule has 1 aromatic carbocycles. The van der Waals surface area contributed by atoms with Gasteiger partial charge in [-0.15, -0.1) is 11.8 Å². The second kappa shape index (κ2) is 13.7. The molecule has 0 radical (unpaired) electrons. The molecule has 0 bridgehead atoms. The van der Waals surface area contributed by atoms with Crippen molar-refractivity contribution in [3.8, 4) is 0 Å². The third-order valence-corrected chi connectivity index (χ3v) is 8.04. The molecule has 0 aliphatic carbocycles. The standard InChI is InChI=1S/C26H41N3O4S/c1-5-6-12-22(17-29(33)19-30)24(31)27-23(25(32)28-15-13-20(2)14-16-28)26(3,4)34-18-21-10-8-7-9-11-21/h7-11,19-20,22-23,33H,5-6,12-18H2,1-4H3,(H,27,31). The summed E-state index contributed by atoms with van der Waals surface area (Å²) in [5, 5.41) is 13.3. The molecule has 1 aromatic rings. The predicted octanol–water partition coefficient (Wildman–Crippen LogP) is 4.10. The van der Waals surface area contributed by atoms with Gasteiger partial charge in [0.15, 0.2) is 0 Å². The number of likely N-dealkylation sites (tertiary alicyclic amines) is 1. The van der Waals surface area contributed by atoms with E-state index in [2.05, 4.69) is 24.4 Å². The minimum Gasteiger partial charge on any atom is -0.343 e. The van der Waals surface area contributed by atoms with E-state index >= 15 is 0 Å². The molecular formula is C26H41N3O4S. The van der Waals surface area contributed by atoms with Crippen LogP contribution in [0.2, 0.25) is 0 Å². The number of hydrogen-bond donors (Lipinski definition) is 2. The van der Waals surface area contributed by atoms with E-state index in [0.717, 1.165) is 37.0 Å². The molecule has 7 nitrogen and oxygen atoms in total. The van der Waals surface area contributed by atoms with Gasteiger partial charge in [-0.05, 0) is 44.6 Å². The molecule has 3 amide bonds. The average Bonchev–Trinajstić information content (AvgIpc) is 2.84. The molecule has 190 valence electrons. The molecule has 34 heavy (non-hydrogen) atoms. The Morgan fingerprint density at radius 1 is 1.26 bits per heavy atom. The zero-order valence-corrected chi connectivity index (χ0v) is 21.9. The van der Waals surface area contributed by atoms with Crippen LogP contribution in [0.3, 0.4) is 0 Å². The highest BCUT2D eigenvalue weighted by Crippen LogP contribution is 2.33. The maximum absolute atomic E-state index is 13.7. The number of nitrogens with one attached hydrogen (secondary N) is 1. The van der Waals surface area contributed by atoms with Crippen LogP contribution in [0.4, 0.5) is 0 Å². The molecule has 1 aliphatic rings. The molecule has 2 atom stereocenters. The first-order valence-electron chi connectivity index (χ1n) is 12.4. The number of piperidine rings is 1. The lowest BCUT2D eigenvalue weighted by atomic mass is 9.95. The smallest absolute Gasteiger partial charge is 0.246 e. The zero-order valence-electron chi connectivity index (χ0n) is 21.0. The van der Waals surface area contributed by atoms with E-state index in [0.29, 0.717) is 36.9 Å². The number of nitrogens with zero attached hydrogens (tertiary/aromatic N) is 2. The molecule has 1 heterocycles. The minimum atomic E-state index is -0.713. The lowest BCUT2D eigenvalue weighted by Gasteiger charge is -2.39. The molecule has 2 N–H and O–H groups in total. The number of thioether (sulfide) groups is 1. The van der Waals surface area contributed by atoms with Gasteiger partial charge in [0, 0.05) is 23.6 Å². The Morgan fingerprint density at radius 2 is 1.91 bits per heavy atom. The Bertz CT molecular complexity index is 782. The number of benzene rings is 1. The van der Waals surface area contributed by atoms with Gasteiger partial charge in [-0.2, -0.15) is 0 Å². The van der Waals surface area contributed by atoms with E-state index < -0.39 is 16.7 Å². The van der Waals surface area contributed by atoms with E-state index in [-0.39, 0.29) is 18.4 Å². The molecule has 1 fully saturated rings. The van der Waals surface area contributed by atoms with Crippen LogP contribution in [0.5, 0.6) is 0 Å². The van der Waals surface area contributed by atoms with Crippen LogP contribution in [0, 0.1) is 11.8 Å². The van der Waals surface area contributed by atoms with Crippen LogP contribution in [-0.4, -0.2) is 63.8 Å². The number of rotatable bonds is 13. The van der Waals surface area contributed by atoms with Gasteiger partial charge in [0.05, 0.1) is 12.5 Å². The van der Waals surface area contributed by atoms with Crippen molar-refractivity contribution in [1.29, 1.82) is 0 Å². The maximum atomic E-state index is 13.7. The summed E-state index contributed by atoms with van der Waals surface area (Å²) in [5.41, 5.74) is 1.16. The topological polar surface area (TPSA) is 90.0 Å². The highest BCUT2D eigenvalue weighted by Gasteiger charge is 2.41. The second-order valence-corrected chi connectivity index (χ2v) is 11.5. The first kappa shape index (κ1) is 28.2. The predicted molar refractivity (Wildman–Crippen MR) is 136 cm³/mol. The number of carbonyl (C=O) groups excluding carboxylic acids is 3. The summed E-state index contributed by atoms with van der Waals surface area (Å²) in [6.45, 7) is 9.53. The summed E-state index contributed by atoms with van der Waals surface area (Å²) in [5.74, 6) is 0.374. The molecule has 2 rings (SSSR count). The minimum absolute atomic E-state index is 0.0590. The molecule has 8 heteroatoms. The van der Waals surface area contributed by atoms with E-state index in [1.54, 1.807) is 11.8 Å². The highest BCUT2D eigenvalue weighted by molar-refractivity contribution is 7.99. The number of hydrogen-bond acceptors (Lipinski definition) is 5. The molecule has 1 saturated heterocycles. The third-order valence-electron chi connectivity index (χ3n) is 6.58. The molecule has 0 aromatic heterocycles. The highest BCUT2D eigenvalue weighted by atomic mass is 32.2. The first-order valence-corrected chi connectivity index (χ1v) is 13.3. The fraction of sp³-hybridized carbons (Fsp3) is 0.654. The zero-order chi connectivity index (χ0) is 25.1. The Hall–Kier alpha value is -2.06. The van der Waals surface area contributed by atoms with Crippen LogP contribution in [0.15, 0.2) is 30.3 Å². The van der Waals surface area contributed by atoms with Gasteiger partial charge in [-0.1, -0.05) is 57.0 Å². The van der Waals surface area contributed by atoms with Gasteiger partial charge >= 0.3 is 0 Å². The van der Waals surface area contributed by atoms with Crippen molar-refractivity contribution in [3.63, 3.8) is 0 Å². The van der Waals surface area contributed by atoms with Crippen molar-refractivity contribution in [2.24, 2.45) is 11.8 Å². The van der Waals surface area contributed by atoms with Crippen LogP contribution in [0.25, 0.3) is 0 Å². The summed E-state index contributed by atoms with van der Waals surface area (Å²) < 4.78 is -0.565. The summed E-state index contributed by atoms with van der Waals surface area (Å²) >= 11 is 1.64. The van der Waals surface area contributed by atoms with Crippen molar-refractivity contribution < 1.29 is 19.6 Å². The van der Waals surface area contributed by atoms with Gasteiger partial charge in [0.2, 0.25) is 18.2 Å². The SMILES string of the molecule is CCCCC(CN(O)C=O)C(=O)NC(C(=O)N1CCC(C)CC1)C(C)(C)SCc1ccccc1. The Kier molecular flexibility index (Phi) is 11.4. The monoisotopic (exact) mass is 491 g/mol. The van der Waals surface area contributed by atoms with E-state index in [1.165, 1.54) is 0 Å². The lowest BCUT2D eigenvalue weighted by molar-refractivity contribution is -0.155. The van der Waals surface area contributed by atoms with Gasteiger partial charge in [0.25, 0.3) is 0 Å². The van der Waals surface area contributed by atoms with Gasteiger partial charge in [0.1, 0.15) is 6.04 Å². The van der Waals surface area contributed by atoms with Crippen LogP contribution >= 0.6 is 11.8 Å². The number of unbranched alkanes of at least 4 members (excludes halogenated alkanes) is 1. The average molecular weight is 492 g/mol.